The first-order chi connectivity index (χ1) is 19.8. The Kier molecular flexibility index (Phi) is 17.4. The van der Waals surface area contributed by atoms with Crippen molar-refractivity contribution in [3.8, 4) is 0 Å². The number of carbonyl (C=O) groups excluding carboxylic acids is 3. The van der Waals surface area contributed by atoms with Crippen LogP contribution in [0.1, 0.15) is 147 Å². The average Bonchev–Trinajstić information content (AvgIpc) is 2.95. The van der Waals surface area contributed by atoms with Crippen molar-refractivity contribution >= 4 is 17.8 Å². The van der Waals surface area contributed by atoms with Crippen molar-refractivity contribution < 1.29 is 23.9 Å². The molecule has 1 aromatic carbocycles. The highest BCUT2D eigenvalue weighted by atomic mass is 16.6. The lowest BCUT2D eigenvalue weighted by molar-refractivity contribution is -0.190. The third-order valence-corrected chi connectivity index (χ3v) is 8.13. The van der Waals surface area contributed by atoms with Crippen molar-refractivity contribution in [2.75, 3.05) is 0 Å². The van der Waals surface area contributed by atoms with E-state index in [0.717, 1.165) is 44.9 Å². The Morgan fingerprint density at radius 1 is 0.854 bits per heavy atom. The molecule has 4 atom stereocenters. The summed E-state index contributed by atoms with van der Waals surface area (Å²) in [6, 6.07) is 8.24. The Labute approximate surface area is 249 Å². The number of unbranched alkanes of at least 4 members (excludes halogenated alkanes) is 11. The van der Waals surface area contributed by atoms with Crippen LogP contribution < -0.4 is 5.32 Å². The van der Waals surface area contributed by atoms with Crippen molar-refractivity contribution in [3.05, 3.63) is 35.9 Å². The molecule has 0 radical (unpaired) electrons. The van der Waals surface area contributed by atoms with Crippen molar-refractivity contribution in [2.24, 2.45) is 11.8 Å². The molecule has 1 amide bonds. The number of esters is 2. The Hall–Kier alpha value is -2.37. The molecule has 2 rings (SSSR count). The standard InChI is InChI=1S/C35H57NO5/c1-5-7-9-11-12-13-14-15-19-23-29(26-32-30(34(38)41-32)24-20-10-8-6-2)40-35(39)31(25-27(3)4)36-33(37)28-21-17-16-18-22-28/h16-18,21-22,27,29-32H,5-15,19-20,23-26H2,1-4H3,(H,36,37)/t29?,30?,31-,32?/m0/s1. The van der Waals surface area contributed by atoms with Crippen LogP contribution in [-0.2, 0) is 19.1 Å². The highest BCUT2D eigenvalue weighted by Crippen LogP contribution is 2.33. The highest BCUT2D eigenvalue weighted by molar-refractivity contribution is 5.96. The minimum Gasteiger partial charge on any atom is -0.461 e. The minimum atomic E-state index is -0.720. The first kappa shape index (κ1) is 34.8. The summed E-state index contributed by atoms with van der Waals surface area (Å²) in [6.07, 6.45) is 17.6. The van der Waals surface area contributed by atoms with Gasteiger partial charge in [-0.05, 0) is 43.7 Å². The van der Waals surface area contributed by atoms with Crippen LogP contribution in [0.15, 0.2) is 30.3 Å². The van der Waals surface area contributed by atoms with Crippen LogP contribution in [0.5, 0.6) is 0 Å². The molecule has 1 aliphatic rings. The molecule has 0 aliphatic carbocycles. The predicted octanol–water partition coefficient (Wildman–Crippen LogP) is 8.57. The Morgan fingerprint density at radius 3 is 2.02 bits per heavy atom. The summed E-state index contributed by atoms with van der Waals surface area (Å²) in [5.41, 5.74) is 0.521. The molecular formula is C35H57NO5. The number of carbonyl (C=O) groups is 3. The summed E-state index contributed by atoms with van der Waals surface area (Å²) < 4.78 is 11.7. The molecule has 1 aromatic rings. The lowest BCUT2D eigenvalue weighted by Gasteiger charge is -2.37. The zero-order valence-electron chi connectivity index (χ0n) is 26.3. The van der Waals surface area contributed by atoms with Gasteiger partial charge in [-0.1, -0.05) is 123 Å². The van der Waals surface area contributed by atoms with Crippen molar-refractivity contribution in [3.63, 3.8) is 0 Å². The molecule has 3 unspecified atom stereocenters. The maximum Gasteiger partial charge on any atom is 0.328 e. The van der Waals surface area contributed by atoms with E-state index in [0.29, 0.717) is 18.4 Å². The average molecular weight is 572 g/mol. The van der Waals surface area contributed by atoms with Gasteiger partial charge in [0, 0.05) is 12.0 Å². The molecule has 1 aliphatic heterocycles. The molecule has 0 aromatic heterocycles. The van der Waals surface area contributed by atoms with Crippen LogP contribution in [0.25, 0.3) is 0 Å². The number of benzene rings is 1. The van der Waals surface area contributed by atoms with E-state index in [-0.39, 0.29) is 35.9 Å². The zero-order chi connectivity index (χ0) is 29.9. The molecule has 1 fully saturated rings. The summed E-state index contributed by atoms with van der Waals surface area (Å²) in [4.78, 5) is 38.6. The minimum absolute atomic E-state index is 0.0968. The van der Waals surface area contributed by atoms with Gasteiger partial charge in [-0.3, -0.25) is 9.59 Å². The topological polar surface area (TPSA) is 81.7 Å². The molecule has 6 heteroatoms. The van der Waals surface area contributed by atoms with Crippen LogP contribution in [0.2, 0.25) is 0 Å². The zero-order valence-corrected chi connectivity index (χ0v) is 26.3. The predicted molar refractivity (Wildman–Crippen MR) is 166 cm³/mol. The highest BCUT2D eigenvalue weighted by Gasteiger charge is 2.43. The van der Waals surface area contributed by atoms with E-state index < -0.39 is 12.0 Å². The van der Waals surface area contributed by atoms with Gasteiger partial charge in [-0.15, -0.1) is 0 Å². The van der Waals surface area contributed by atoms with Gasteiger partial charge < -0.3 is 14.8 Å². The third kappa shape index (κ3) is 13.9. The monoisotopic (exact) mass is 571 g/mol. The van der Waals surface area contributed by atoms with Gasteiger partial charge in [0.1, 0.15) is 18.2 Å². The normalized spacial score (nSPS) is 17.9. The first-order valence-electron chi connectivity index (χ1n) is 16.6. The molecule has 6 nitrogen and oxygen atoms in total. The summed E-state index contributed by atoms with van der Waals surface area (Å²) in [7, 11) is 0. The maximum absolute atomic E-state index is 13.4. The van der Waals surface area contributed by atoms with Gasteiger partial charge in [0.05, 0.1) is 5.92 Å². The van der Waals surface area contributed by atoms with Crippen LogP contribution >= 0.6 is 0 Å². The number of hydrogen-bond acceptors (Lipinski definition) is 5. The van der Waals surface area contributed by atoms with Gasteiger partial charge in [-0.2, -0.15) is 0 Å². The number of cyclic esters (lactones) is 1. The lowest BCUT2D eigenvalue weighted by Crippen LogP contribution is -2.48. The van der Waals surface area contributed by atoms with E-state index in [2.05, 4.69) is 19.2 Å². The van der Waals surface area contributed by atoms with Gasteiger partial charge >= 0.3 is 11.9 Å². The molecule has 0 saturated carbocycles. The van der Waals surface area contributed by atoms with E-state index in [1.54, 1.807) is 12.1 Å². The second-order valence-corrected chi connectivity index (χ2v) is 12.4. The van der Waals surface area contributed by atoms with Crippen LogP contribution in [0.3, 0.4) is 0 Å². The largest absolute Gasteiger partial charge is 0.461 e. The van der Waals surface area contributed by atoms with E-state index in [4.69, 9.17) is 9.47 Å². The van der Waals surface area contributed by atoms with Gasteiger partial charge in [0.2, 0.25) is 0 Å². The SMILES string of the molecule is CCCCCCCCCCCC(CC1OC(=O)C1CCCCCC)OC(=O)[C@H](CC(C)C)NC(=O)c1ccccc1. The van der Waals surface area contributed by atoms with Crippen molar-refractivity contribution in [1.82, 2.24) is 5.32 Å². The summed E-state index contributed by atoms with van der Waals surface area (Å²) in [5, 5.41) is 2.91. The fourth-order valence-corrected chi connectivity index (χ4v) is 5.63. The molecule has 1 saturated heterocycles. The first-order valence-corrected chi connectivity index (χ1v) is 16.6. The van der Waals surface area contributed by atoms with E-state index in [9.17, 15) is 14.4 Å². The van der Waals surface area contributed by atoms with E-state index >= 15 is 0 Å². The van der Waals surface area contributed by atoms with Crippen LogP contribution in [0, 0.1) is 11.8 Å². The van der Waals surface area contributed by atoms with E-state index in [1.165, 1.54) is 51.4 Å². The maximum atomic E-state index is 13.4. The number of hydrogen-bond donors (Lipinski definition) is 1. The van der Waals surface area contributed by atoms with E-state index in [1.807, 2.05) is 32.0 Å². The summed E-state index contributed by atoms with van der Waals surface area (Å²) in [5.74, 6) is -0.676. The Balaban J connectivity index is 1.97. The third-order valence-electron chi connectivity index (χ3n) is 8.13. The van der Waals surface area contributed by atoms with Gasteiger partial charge in [0.15, 0.2) is 0 Å². The number of ether oxygens (including phenoxy) is 2. The van der Waals surface area contributed by atoms with Gasteiger partial charge in [-0.25, -0.2) is 4.79 Å². The number of rotatable bonds is 23. The second kappa shape index (κ2) is 20.5. The number of amides is 1. The summed E-state index contributed by atoms with van der Waals surface area (Å²) >= 11 is 0. The molecule has 41 heavy (non-hydrogen) atoms. The summed E-state index contributed by atoms with van der Waals surface area (Å²) in [6.45, 7) is 8.49. The fraction of sp³-hybridized carbons (Fsp3) is 0.743. The smallest absolute Gasteiger partial charge is 0.328 e. The van der Waals surface area contributed by atoms with Crippen LogP contribution in [0.4, 0.5) is 0 Å². The Bertz CT molecular complexity index is 871. The van der Waals surface area contributed by atoms with Gasteiger partial charge in [0.25, 0.3) is 5.91 Å². The molecule has 0 spiro atoms. The number of nitrogens with one attached hydrogen (secondary N) is 1. The molecule has 0 bridgehead atoms. The molecule has 1 N–H and O–H groups in total. The molecule has 232 valence electrons. The lowest BCUT2D eigenvalue weighted by atomic mass is 9.86. The van der Waals surface area contributed by atoms with Crippen molar-refractivity contribution in [1.29, 1.82) is 0 Å². The molecular weight excluding hydrogens is 514 g/mol. The quantitative estimate of drug-likeness (QED) is 0.105. The second-order valence-electron chi connectivity index (χ2n) is 12.4. The van der Waals surface area contributed by atoms with Crippen LogP contribution in [-0.4, -0.2) is 36.1 Å². The van der Waals surface area contributed by atoms with Crippen molar-refractivity contribution in [2.45, 2.75) is 155 Å². The Morgan fingerprint density at radius 2 is 1.44 bits per heavy atom. The fourth-order valence-electron chi connectivity index (χ4n) is 5.63. The molecule has 1 heterocycles.